The number of halogens is 2. The summed E-state index contributed by atoms with van der Waals surface area (Å²) < 4.78 is 56.8. The lowest BCUT2D eigenvalue weighted by atomic mass is 9.82. The second-order valence-corrected chi connectivity index (χ2v) is 13.8. The second kappa shape index (κ2) is 11.1. The van der Waals surface area contributed by atoms with Crippen molar-refractivity contribution in [1.29, 1.82) is 0 Å². The lowest BCUT2D eigenvalue weighted by Crippen LogP contribution is -2.56. The molecule has 3 heterocycles. The second-order valence-electron chi connectivity index (χ2n) is 11.0. The minimum atomic E-state index is -4.09. The van der Waals surface area contributed by atoms with Crippen molar-refractivity contribution in [3.05, 3.63) is 53.0 Å². The summed E-state index contributed by atoms with van der Waals surface area (Å²) in [5, 5.41) is 3.93. The summed E-state index contributed by atoms with van der Waals surface area (Å²) >= 11 is 1.42. The van der Waals surface area contributed by atoms with Gasteiger partial charge in [0.2, 0.25) is 15.9 Å². The third-order valence-corrected chi connectivity index (χ3v) is 9.78. The predicted molar refractivity (Wildman–Crippen MR) is 149 cm³/mol. The molecule has 2 aliphatic rings. The zero-order valence-electron chi connectivity index (χ0n) is 22.0. The number of para-hydroxylation sites is 2. The van der Waals surface area contributed by atoms with Crippen LogP contribution in [0.3, 0.4) is 0 Å². The van der Waals surface area contributed by atoms with E-state index in [0.29, 0.717) is 30.3 Å². The largest absolute Gasteiger partial charge is 0.383 e. The third-order valence-electron chi connectivity index (χ3n) is 7.21. The van der Waals surface area contributed by atoms with Gasteiger partial charge in [0.15, 0.2) is 0 Å². The zero-order chi connectivity index (χ0) is 27.8. The molecular weight excluding hydrogens is 544 g/mol. The quantitative estimate of drug-likeness (QED) is 0.425. The molecule has 0 saturated carbocycles. The molecule has 210 valence electrons. The summed E-state index contributed by atoms with van der Waals surface area (Å²) in [6.07, 6.45) is -1.62. The standard InChI is InChI=1S/C27H33F2N5O3S2/c1-27(2)15-18-6-5-9-22(25(18)30-17-27)39(36,37)32-20(14-24-31-19-7-3-4-8-21(19)38-24)26(35)34-12-10-33(11-13-34)16-23(28)29/h3-9,20,23,30,32H,10-17H2,1-2H3/t20-/m0/s1. The van der Waals surface area contributed by atoms with Crippen LogP contribution in [0.25, 0.3) is 10.2 Å². The molecule has 8 nitrogen and oxygen atoms in total. The summed E-state index contributed by atoms with van der Waals surface area (Å²) in [5.74, 6) is -0.381. The van der Waals surface area contributed by atoms with Crippen molar-refractivity contribution in [1.82, 2.24) is 19.5 Å². The highest BCUT2D eigenvalue weighted by molar-refractivity contribution is 7.89. The van der Waals surface area contributed by atoms with E-state index in [-0.39, 0.29) is 42.3 Å². The van der Waals surface area contributed by atoms with Crippen LogP contribution in [0.2, 0.25) is 0 Å². The van der Waals surface area contributed by atoms with Crippen molar-refractivity contribution in [2.75, 3.05) is 44.6 Å². The fourth-order valence-corrected chi connectivity index (χ4v) is 7.66. The van der Waals surface area contributed by atoms with E-state index in [1.165, 1.54) is 11.3 Å². The van der Waals surface area contributed by atoms with Gasteiger partial charge in [-0.15, -0.1) is 11.3 Å². The van der Waals surface area contributed by atoms with Crippen LogP contribution >= 0.6 is 11.3 Å². The number of anilines is 1. The Balaban J connectivity index is 1.41. The number of aromatic nitrogens is 1. The van der Waals surface area contributed by atoms with Crippen molar-refractivity contribution in [2.45, 2.75) is 44.1 Å². The van der Waals surface area contributed by atoms with E-state index in [4.69, 9.17) is 0 Å². The number of piperazine rings is 1. The van der Waals surface area contributed by atoms with Gasteiger partial charge in [0, 0.05) is 39.1 Å². The van der Waals surface area contributed by atoms with Gasteiger partial charge in [-0.2, -0.15) is 4.72 Å². The maximum atomic E-state index is 13.8. The van der Waals surface area contributed by atoms with Crippen molar-refractivity contribution in [3.63, 3.8) is 0 Å². The Hall–Kier alpha value is -2.67. The van der Waals surface area contributed by atoms with Crippen LogP contribution in [0.4, 0.5) is 14.5 Å². The third kappa shape index (κ3) is 6.40. The number of alkyl halides is 2. The van der Waals surface area contributed by atoms with Gasteiger partial charge in [0.05, 0.1) is 27.5 Å². The van der Waals surface area contributed by atoms with Crippen LogP contribution in [0.1, 0.15) is 24.4 Å². The molecule has 1 fully saturated rings. The molecule has 0 aliphatic carbocycles. The Bertz CT molecular complexity index is 1420. The highest BCUT2D eigenvalue weighted by atomic mass is 32.2. The molecule has 0 radical (unpaired) electrons. The predicted octanol–water partition coefficient (Wildman–Crippen LogP) is 3.59. The Morgan fingerprint density at radius 3 is 2.59 bits per heavy atom. The van der Waals surface area contributed by atoms with E-state index in [2.05, 4.69) is 28.9 Å². The van der Waals surface area contributed by atoms with Crippen molar-refractivity contribution >= 4 is 43.2 Å². The molecule has 0 bridgehead atoms. The van der Waals surface area contributed by atoms with Crippen molar-refractivity contribution in [2.24, 2.45) is 5.41 Å². The molecule has 12 heteroatoms. The number of nitrogens with one attached hydrogen (secondary N) is 2. The van der Waals surface area contributed by atoms with Crippen LogP contribution in [-0.2, 0) is 27.7 Å². The van der Waals surface area contributed by atoms with Crippen LogP contribution in [0.5, 0.6) is 0 Å². The van der Waals surface area contributed by atoms with E-state index >= 15 is 0 Å². The van der Waals surface area contributed by atoms with Gasteiger partial charge in [0.1, 0.15) is 10.9 Å². The molecule has 5 rings (SSSR count). The minimum absolute atomic E-state index is 0.0133. The number of nitrogens with zero attached hydrogens (tertiary/aromatic N) is 3. The number of benzene rings is 2. The van der Waals surface area contributed by atoms with Crippen molar-refractivity contribution in [3.8, 4) is 0 Å². The summed E-state index contributed by atoms with van der Waals surface area (Å²) in [4.78, 5) is 21.6. The number of carbonyl (C=O) groups excluding carboxylic acids is 1. The van der Waals surface area contributed by atoms with E-state index in [1.807, 2.05) is 30.3 Å². The first kappa shape index (κ1) is 27.9. The van der Waals surface area contributed by atoms with Gasteiger partial charge in [0.25, 0.3) is 6.43 Å². The van der Waals surface area contributed by atoms with Crippen LogP contribution in [0, 0.1) is 5.41 Å². The molecule has 39 heavy (non-hydrogen) atoms. The Labute approximate surface area is 231 Å². The molecule has 1 saturated heterocycles. The lowest BCUT2D eigenvalue weighted by molar-refractivity contribution is -0.135. The summed E-state index contributed by atoms with van der Waals surface area (Å²) in [6.45, 7) is 5.65. The van der Waals surface area contributed by atoms with Gasteiger partial charge in [-0.3, -0.25) is 9.69 Å². The van der Waals surface area contributed by atoms with Gasteiger partial charge in [-0.05, 0) is 35.6 Å². The highest BCUT2D eigenvalue weighted by Gasteiger charge is 2.35. The molecule has 0 spiro atoms. The zero-order valence-corrected chi connectivity index (χ0v) is 23.6. The van der Waals surface area contributed by atoms with Gasteiger partial charge < -0.3 is 10.2 Å². The fraction of sp³-hybridized carbons (Fsp3) is 0.481. The first-order valence-corrected chi connectivity index (χ1v) is 15.3. The maximum Gasteiger partial charge on any atom is 0.251 e. The van der Waals surface area contributed by atoms with Gasteiger partial charge in [-0.25, -0.2) is 22.2 Å². The number of thiazole rings is 1. The maximum absolute atomic E-state index is 13.8. The van der Waals surface area contributed by atoms with E-state index in [0.717, 1.165) is 22.2 Å². The Morgan fingerprint density at radius 2 is 1.87 bits per heavy atom. The number of hydrogen-bond donors (Lipinski definition) is 2. The Kier molecular flexibility index (Phi) is 7.91. The smallest absolute Gasteiger partial charge is 0.251 e. The molecule has 3 aromatic rings. The molecule has 2 aromatic carbocycles. The number of hydrogen-bond acceptors (Lipinski definition) is 7. The van der Waals surface area contributed by atoms with Gasteiger partial charge >= 0.3 is 0 Å². The minimum Gasteiger partial charge on any atom is -0.383 e. The molecule has 0 unspecified atom stereocenters. The molecule has 1 atom stereocenters. The number of fused-ring (bicyclic) bond motifs is 2. The first-order chi connectivity index (χ1) is 18.5. The topological polar surface area (TPSA) is 94.6 Å². The number of rotatable bonds is 8. The van der Waals surface area contributed by atoms with Crippen molar-refractivity contribution < 1.29 is 22.0 Å². The molecule has 2 N–H and O–H groups in total. The van der Waals surface area contributed by atoms with Crippen LogP contribution in [0.15, 0.2) is 47.4 Å². The number of amides is 1. The summed E-state index contributed by atoms with van der Waals surface area (Å²) in [6, 6.07) is 11.7. The monoisotopic (exact) mass is 577 g/mol. The SMILES string of the molecule is CC1(C)CNc2c(cccc2S(=O)(=O)N[C@@H](Cc2nc3ccccc3s2)C(=O)N2CCN(CC(F)F)CC2)C1. The van der Waals surface area contributed by atoms with Gasteiger partial charge in [-0.1, -0.05) is 38.1 Å². The number of carbonyl (C=O) groups is 1. The highest BCUT2D eigenvalue weighted by Crippen LogP contribution is 2.36. The first-order valence-electron chi connectivity index (χ1n) is 13.0. The average Bonchev–Trinajstić information content (AvgIpc) is 3.29. The van der Waals surface area contributed by atoms with Crippen LogP contribution in [-0.4, -0.2) is 80.8 Å². The number of sulfonamides is 1. The molecule has 1 aromatic heterocycles. The average molecular weight is 578 g/mol. The van der Waals surface area contributed by atoms with E-state index in [9.17, 15) is 22.0 Å². The van der Waals surface area contributed by atoms with Crippen LogP contribution < -0.4 is 10.0 Å². The van der Waals surface area contributed by atoms with E-state index in [1.54, 1.807) is 21.9 Å². The molecular formula is C27H33F2N5O3S2. The molecule has 2 aliphatic heterocycles. The van der Waals surface area contributed by atoms with E-state index < -0.39 is 22.5 Å². The summed E-state index contributed by atoms with van der Waals surface area (Å²) in [5.41, 5.74) is 2.26. The normalized spacial score (nSPS) is 18.6. The Morgan fingerprint density at radius 1 is 1.13 bits per heavy atom. The lowest BCUT2D eigenvalue weighted by Gasteiger charge is -2.36. The fourth-order valence-electron chi connectivity index (χ4n) is 5.23. The molecule has 1 amide bonds. The summed E-state index contributed by atoms with van der Waals surface area (Å²) in [7, 11) is -4.09.